The average molecular weight is 421 g/mol. The van der Waals surface area contributed by atoms with Crippen molar-refractivity contribution in [2.45, 2.75) is 26.7 Å². The molecule has 0 N–H and O–H groups in total. The van der Waals surface area contributed by atoms with Gasteiger partial charge in [-0.25, -0.2) is 9.97 Å². The molecule has 0 saturated heterocycles. The highest BCUT2D eigenvalue weighted by Crippen LogP contribution is 2.34. The monoisotopic (exact) mass is 420 g/mol. The average Bonchev–Trinajstić information content (AvgIpc) is 3.10. The number of hydrogen-bond acceptors (Lipinski definition) is 5. The maximum absolute atomic E-state index is 5.77. The van der Waals surface area contributed by atoms with Crippen molar-refractivity contribution in [2.24, 2.45) is 0 Å². The van der Waals surface area contributed by atoms with Gasteiger partial charge in [0.05, 0.1) is 0 Å². The highest BCUT2D eigenvalue weighted by molar-refractivity contribution is 7.73. The predicted molar refractivity (Wildman–Crippen MR) is 126 cm³/mol. The van der Waals surface area contributed by atoms with E-state index in [9.17, 15) is 0 Å². The topological polar surface area (TPSA) is 34.0 Å². The van der Waals surface area contributed by atoms with Gasteiger partial charge in [0.2, 0.25) is 0 Å². The second-order valence-corrected chi connectivity index (χ2v) is 8.56. The second-order valence-electron chi connectivity index (χ2n) is 6.92. The van der Waals surface area contributed by atoms with E-state index < -0.39 is 0 Å². The number of hydrogen-bond donors (Lipinski definition) is 0. The molecule has 2 aromatic heterocycles. The lowest BCUT2D eigenvalue weighted by Gasteiger charge is -2.23. The smallest absolute Gasteiger partial charge is 0.168 e. The van der Waals surface area contributed by atoms with Crippen molar-refractivity contribution >= 4 is 39.7 Å². The quantitative estimate of drug-likeness (QED) is 0.319. The lowest BCUT2D eigenvalue weighted by molar-refractivity contribution is 0.737. The van der Waals surface area contributed by atoms with Crippen LogP contribution in [0.25, 0.3) is 27.4 Å². The van der Waals surface area contributed by atoms with Crippen LogP contribution in [0.2, 0.25) is 0 Å². The van der Waals surface area contributed by atoms with Crippen molar-refractivity contribution in [1.29, 1.82) is 0 Å². The number of rotatable bonds is 7. The molecule has 0 aliphatic heterocycles. The molecule has 2 aromatic carbocycles. The minimum Gasteiger partial charge on any atom is -0.355 e. The summed E-state index contributed by atoms with van der Waals surface area (Å²) in [6.45, 7) is 6.33. The van der Waals surface area contributed by atoms with Crippen molar-refractivity contribution in [1.82, 2.24) is 14.5 Å². The van der Waals surface area contributed by atoms with Crippen LogP contribution in [0.15, 0.2) is 60.7 Å². The summed E-state index contributed by atoms with van der Waals surface area (Å²) in [5, 5.41) is 0. The van der Waals surface area contributed by atoms with Gasteiger partial charge in [0.1, 0.15) is 4.70 Å². The molecule has 0 atom stereocenters. The third-order valence-electron chi connectivity index (χ3n) is 4.75. The van der Waals surface area contributed by atoms with E-state index in [2.05, 4.69) is 47.6 Å². The van der Waals surface area contributed by atoms with Crippen LogP contribution in [0.1, 0.15) is 26.7 Å². The zero-order valence-electron chi connectivity index (χ0n) is 16.7. The van der Waals surface area contributed by atoms with Crippen LogP contribution >= 0.6 is 23.6 Å². The largest absolute Gasteiger partial charge is 0.355 e. The zero-order chi connectivity index (χ0) is 20.2. The van der Waals surface area contributed by atoms with Gasteiger partial charge in [-0.2, -0.15) is 0 Å². The van der Waals surface area contributed by atoms with E-state index in [0.717, 1.165) is 63.1 Å². The molecule has 29 heavy (non-hydrogen) atoms. The molecule has 0 unspecified atom stereocenters. The lowest BCUT2D eigenvalue weighted by Crippen LogP contribution is -2.26. The van der Waals surface area contributed by atoms with Gasteiger partial charge in [-0.3, -0.25) is 4.57 Å². The number of benzene rings is 2. The summed E-state index contributed by atoms with van der Waals surface area (Å²) in [6.07, 6.45) is 2.13. The van der Waals surface area contributed by atoms with E-state index >= 15 is 0 Å². The van der Waals surface area contributed by atoms with Gasteiger partial charge in [0.15, 0.2) is 21.2 Å². The van der Waals surface area contributed by atoms with Crippen LogP contribution in [0.5, 0.6) is 0 Å². The molecule has 4 nitrogen and oxygen atoms in total. The van der Waals surface area contributed by atoms with E-state index in [-0.39, 0.29) is 0 Å². The molecule has 148 valence electrons. The highest BCUT2D eigenvalue weighted by atomic mass is 32.1. The van der Waals surface area contributed by atoms with E-state index in [1.807, 2.05) is 36.4 Å². The summed E-state index contributed by atoms with van der Waals surface area (Å²) in [7, 11) is 0. The Labute approximate surface area is 180 Å². The first-order chi connectivity index (χ1) is 14.2. The summed E-state index contributed by atoms with van der Waals surface area (Å²) in [5.41, 5.74) is 2.93. The maximum atomic E-state index is 5.77. The SMILES string of the molecule is CCCN(CCC)c1nc(-c2ccccc2)nc2c1sc(=S)n2-c1ccccc1. The summed E-state index contributed by atoms with van der Waals surface area (Å²) in [6, 6.07) is 20.4. The highest BCUT2D eigenvalue weighted by Gasteiger charge is 2.20. The molecule has 4 rings (SSSR count). The lowest BCUT2D eigenvalue weighted by atomic mass is 10.2. The molecule has 0 aliphatic carbocycles. The van der Waals surface area contributed by atoms with E-state index in [1.54, 1.807) is 11.3 Å². The molecule has 0 fully saturated rings. The molecular weight excluding hydrogens is 396 g/mol. The second kappa shape index (κ2) is 8.84. The van der Waals surface area contributed by atoms with Gasteiger partial charge in [-0.15, -0.1) is 0 Å². The van der Waals surface area contributed by atoms with Crippen LogP contribution in [-0.2, 0) is 0 Å². The fourth-order valence-electron chi connectivity index (χ4n) is 3.49. The number of fused-ring (bicyclic) bond motifs is 1. The standard InChI is InChI=1S/C23H24N4S2/c1-3-15-26(16-4-2)21-19-22(25-20(24-21)17-11-7-5-8-12-17)27(23(28)29-19)18-13-9-6-10-14-18/h5-14H,3-4,15-16H2,1-2H3. The maximum Gasteiger partial charge on any atom is 0.168 e. The molecule has 4 aromatic rings. The Morgan fingerprint density at radius 3 is 2.14 bits per heavy atom. The van der Waals surface area contributed by atoms with Gasteiger partial charge < -0.3 is 4.90 Å². The van der Waals surface area contributed by atoms with Crippen LogP contribution in [0.4, 0.5) is 5.82 Å². The minimum atomic E-state index is 0.739. The molecular formula is C23H24N4S2. The van der Waals surface area contributed by atoms with E-state index in [0.29, 0.717) is 0 Å². The van der Waals surface area contributed by atoms with Crippen molar-refractivity contribution in [2.75, 3.05) is 18.0 Å². The van der Waals surface area contributed by atoms with Crippen LogP contribution in [0.3, 0.4) is 0 Å². The predicted octanol–water partition coefficient (Wildman–Crippen LogP) is 6.50. The number of thiazole rings is 1. The van der Waals surface area contributed by atoms with Crippen LogP contribution in [-0.4, -0.2) is 27.6 Å². The number of para-hydroxylation sites is 1. The molecule has 2 heterocycles. The first kappa shape index (κ1) is 19.7. The van der Waals surface area contributed by atoms with Crippen molar-refractivity contribution in [3.63, 3.8) is 0 Å². The number of aromatic nitrogens is 3. The Morgan fingerprint density at radius 1 is 0.897 bits per heavy atom. The van der Waals surface area contributed by atoms with Crippen molar-refractivity contribution in [3.8, 4) is 17.1 Å². The molecule has 0 spiro atoms. The fraction of sp³-hybridized carbons (Fsp3) is 0.261. The third kappa shape index (κ3) is 3.95. The van der Waals surface area contributed by atoms with Crippen molar-refractivity contribution in [3.05, 3.63) is 64.6 Å². The number of anilines is 1. The molecule has 6 heteroatoms. The fourth-order valence-corrected chi connectivity index (χ4v) is 4.88. The van der Waals surface area contributed by atoms with Crippen LogP contribution in [0, 0.1) is 3.95 Å². The summed E-state index contributed by atoms with van der Waals surface area (Å²) in [4.78, 5) is 12.4. The normalized spacial score (nSPS) is 11.1. The minimum absolute atomic E-state index is 0.739. The van der Waals surface area contributed by atoms with E-state index in [4.69, 9.17) is 22.2 Å². The summed E-state index contributed by atoms with van der Waals surface area (Å²) in [5.74, 6) is 1.73. The Balaban J connectivity index is 2.02. The summed E-state index contributed by atoms with van der Waals surface area (Å²) >= 11 is 7.36. The summed E-state index contributed by atoms with van der Waals surface area (Å²) < 4.78 is 3.92. The van der Waals surface area contributed by atoms with Gasteiger partial charge in [0.25, 0.3) is 0 Å². The van der Waals surface area contributed by atoms with Gasteiger partial charge in [0, 0.05) is 24.3 Å². The number of nitrogens with zero attached hydrogens (tertiary/aromatic N) is 4. The third-order valence-corrected chi connectivity index (χ3v) is 6.11. The Hall–Kier alpha value is -2.57. The Bertz CT molecular complexity index is 1140. The van der Waals surface area contributed by atoms with Gasteiger partial charge in [-0.1, -0.05) is 73.7 Å². The molecule has 0 amide bonds. The molecule has 0 aliphatic rings. The van der Waals surface area contributed by atoms with Crippen molar-refractivity contribution < 1.29 is 0 Å². The zero-order valence-corrected chi connectivity index (χ0v) is 18.3. The Kier molecular flexibility index (Phi) is 6.02. The van der Waals surface area contributed by atoms with Crippen LogP contribution < -0.4 is 4.90 Å². The Morgan fingerprint density at radius 2 is 1.52 bits per heavy atom. The van der Waals surface area contributed by atoms with Gasteiger partial charge >= 0.3 is 0 Å². The molecule has 0 saturated carbocycles. The molecule has 0 radical (unpaired) electrons. The molecule has 0 bridgehead atoms. The van der Waals surface area contributed by atoms with E-state index in [1.165, 1.54) is 0 Å². The first-order valence-corrected chi connectivity index (χ1v) is 11.2. The first-order valence-electron chi connectivity index (χ1n) is 10.0. The van der Waals surface area contributed by atoms with Gasteiger partial charge in [-0.05, 0) is 37.2 Å².